The number of nitrogens with one attached hydrogen (secondary N) is 2. The lowest BCUT2D eigenvalue weighted by atomic mass is 10.1. The lowest BCUT2D eigenvalue weighted by molar-refractivity contribution is -0.385. The first-order valence-electron chi connectivity index (χ1n) is 11.0. The second-order valence-corrected chi connectivity index (χ2v) is 7.79. The average Bonchev–Trinajstić information content (AvgIpc) is 3.48. The predicted molar refractivity (Wildman–Crippen MR) is 131 cm³/mol. The molecule has 0 aliphatic carbocycles. The Labute approximate surface area is 214 Å². The molecule has 2 heterocycles. The largest absolute Gasteiger partial charge is 0.476 e. The number of nitro benzene ring substituents is 1. The SMILES string of the molecule is COC(=O)c1ccc(CN2C(=O)N/C(=C\c3cccc([N+](=O)[O-])c3OCC(=O)Nc3ccccc3)C2=O)o1. The van der Waals surface area contributed by atoms with Gasteiger partial charge in [-0.1, -0.05) is 30.3 Å². The van der Waals surface area contributed by atoms with Gasteiger partial charge in [0.25, 0.3) is 11.8 Å². The minimum absolute atomic E-state index is 0.0863. The molecule has 0 saturated carbocycles. The van der Waals surface area contributed by atoms with Gasteiger partial charge in [0.05, 0.1) is 18.6 Å². The average molecular weight is 520 g/mol. The second kappa shape index (κ2) is 11.1. The fraction of sp³-hybridized carbons (Fsp3) is 0.120. The zero-order valence-electron chi connectivity index (χ0n) is 19.8. The maximum absolute atomic E-state index is 12.9. The summed E-state index contributed by atoms with van der Waals surface area (Å²) in [6.45, 7) is -0.833. The van der Waals surface area contributed by atoms with E-state index in [1.165, 1.54) is 43.5 Å². The molecule has 1 aliphatic rings. The number of furan rings is 1. The van der Waals surface area contributed by atoms with E-state index in [2.05, 4.69) is 15.4 Å². The third kappa shape index (κ3) is 5.67. The number of carbonyl (C=O) groups excluding carboxylic acids is 4. The molecule has 194 valence electrons. The predicted octanol–water partition coefficient (Wildman–Crippen LogP) is 3.08. The molecule has 4 amide bonds. The molecule has 0 radical (unpaired) electrons. The molecule has 0 atom stereocenters. The van der Waals surface area contributed by atoms with Crippen LogP contribution in [0.3, 0.4) is 0 Å². The number of ether oxygens (including phenoxy) is 2. The van der Waals surface area contributed by atoms with Crippen LogP contribution in [0.4, 0.5) is 16.2 Å². The van der Waals surface area contributed by atoms with Crippen LogP contribution < -0.4 is 15.4 Å². The Morgan fingerprint density at radius 2 is 1.87 bits per heavy atom. The molecular formula is C25H20N4O9. The van der Waals surface area contributed by atoms with Crippen LogP contribution in [0.2, 0.25) is 0 Å². The number of hydrogen-bond acceptors (Lipinski definition) is 9. The Hall–Kier alpha value is -5.46. The van der Waals surface area contributed by atoms with Gasteiger partial charge in [0.2, 0.25) is 11.5 Å². The third-order valence-corrected chi connectivity index (χ3v) is 5.25. The van der Waals surface area contributed by atoms with Crippen LogP contribution in [-0.2, 0) is 20.9 Å². The molecule has 13 heteroatoms. The van der Waals surface area contributed by atoms with E-state index in [4.69, 9.17) is 9.15 Å². The van der Waals surface area contributed by atoms with Crippen molar-refractivity contribution >= 4 is 41.3 Å². The quantitative estimate of drug-likeness (QED) is 0.141. The normalized spacial score (nSPS) is 13.8. The number of amides is 4. The van der Waals surface area contributed by atoms with Crippen molar-refractivity contribution in [3.05, 3.63) is 93.6 Å². The number of carbonyl (C=O) groups is 4. The van der Waals surface area contributed by atoms with Crippen LogP contribution in [0.15, 0.2) is 70.8 Å². The highest BCUT2D eigenvalue weighted by Gasteiger charge is 2.35. The van der Waals surface area contributed by atoms with Gasteiger partial charge in [-0.25, -0.2) is 9.59 Å². The number of rotatable bonds is 9. The lowest BCUT2D eigenvalue weighted by Crippen LogP contribution is -2.30. The number of benzene rings is 2. The molecular weight excluding hydrogens is 500 g/mol. The summed E-state index contributed by atoms with van der Waals surface area (Å²) in [4.78, 5) is 61.0. The van der Waals surface area contributed by atoms with Crippen LogP contribution in [-0.4, -0.2) is 47.4 Å². The number of nitrogens with zero attached hydrogens (tertiary/aromatic N) is 2. The molecule has 4 rings (SSSR count). The maximum atomic E-state index is 12.9. The van der Waals surface area contributed by atoms with Gasteiger partial charge < -0.3 is 24.5 Å². The van der Waals surface area contributed by atoms with E-state index in [1.807, 2.05) is 0 Å². The standard InChI is InChI=1S/C25H20N4O9/c1-36-24(32)20-11-10-17(38-20)13-28-23(31)18(27-25(28)33)12-15-6-5-9-19(29(34)35)22(15)37-14-21(30)26-16-7-3-2-4-8-16/h2-12H,13-14H2,1H3,(H,26,30)(H,27,33)/b18-12-. The summed E-state index contributed by atoms with van der Waals surface area (Å²) in [6.07, 6.45) is 1.21. The number of anilines is 1. The van der Waals surface area contributed by atoms with Crippen molar-refractivity contribution in [2.45, 2.75) is 6.54 Å². The van der Waals surface area contributed by atoms with Gasteiger partial charge in [-0.3, -0.25) is 24.6 Å². The fourth-order valence-electron chi connectivity index (χ4n) is 3.51. The number of nitro groups is 1. The van der Waals surface area contributed by atoms with E-state index in [0.717, 1.165) is 4.90 Å². The van der Waals surface area contributed by atoms with E-state index in [1.54, 1.807) is 30.3 Å². The van der Waals surface area contributed by atoms with Gasteiger partial charge in [0.15, 0.2) is 6.61 Å². The molecule has 38 heavy (non-hydrogen) atoms. The van der Waals surface area contributed by atoms with Crippen molar-refractivity contribution in [3.63, 3.8) is 0 Å². The highest BCUT2D eigenvalue weighted by molar-refractivity contribution is 6.14. The van der Waals surface area contributed by atoms with Crippen molar-refractivity contribution in [1.82, 2.24) is 10.2 Å². The smallest absolute Gasteiger partial charge is 0.373 e. The van der Waals surface area contributed by atoms with E-state index in [0.29, 0.717) is 5.69 Å². The molecule has 2 N–H and O–H groups in total. The number of imide groups is 1. The highest BCUT2D eigenvalue weighted by atomic mass is 16.6. The van der Waals surface area contributed by atoms with Crippen molar-refractivity contribution in [1.29, 1.82) is 0 Å². The molecule has 0 bridgehead atoms. The molecule has 13 nitrogen and oxygen atoms in total. The number of urea groups is 1. The Morgan fingerprint density at radius 3 is 2.58 bits per heavy atom. The lowest BCUT2D eigenvalue weighted by Gasteiger charge is -2.11. The number of methoxy groups -OCH3 is 1. The van der Waals surface area contributed by atoms with Crippen molar-refractivity contribution in [2.24, 2.45) is 0 Å². The monoisotopic (exact) mass is 520 g/mol. The van der Waals surface area contributed by atoms with Crippen molar-refractivity contribution < 1.29 is 38.0 Å². The minimum Gasteiger partial charge on any atom is -0.476 e. The number of hydrogen-bond donors (Lipinski definition) is 2. The summed E-state index contributed by atoms with van der Waals surface area (Å²) in [7, 11) is 1.18. The first-order chi connectivity index (χ1) is 18.3. The van der Waals surface area contributed by atoms with E-state index >= 15 is 0 Å². The molecule has 3 aromatic rings. The van der Waals surface area contributed by atoms with Crippen LogP contribution in [0.25, 0.3) is 6.08 Å². The van der Waals surface area contributed by atoms with E-state index < -0.39 is 41.0 Å². The molecule has 1 saturated heterocycles. The Bertz CT molecular complexity index is 1450. The fourth-order valence-corrected chi connectivity index (χ4v) is 3.51. The van der Waals surface area contributed by atoms with Crippen LogP contribution >= 0.6 is 0 Å². The first kappa shape index (κ1) is 25.6. The van der Waals surface area contributed by atoms with Crippen molar-refractivity contribution in [2.75, 3.05) is 19.0 Å². The van der Waals surface area contributed by atoms with Crippen LogP contribution in [0, 0.1) is 10.1 Å². The maximum Gasteiger partial charge on any atom is 0.373 e. The molecule has 0 spiro atoms. The van der Waals surface area contributed by atoms with Gasteiger partial charge in [-0.2, -0.15) is 0 Å². The third-order valence-electron chi connectivity index (χ3n) is 5.25. The summed E-state index contributed by atoms with van der Waals surface area (Å²) in [6, 6.07) is 14.5. The van der Waals surface area contributed by atoms with Crippen molar-refractivity contribution in [3.8, 4) is 5.75 Å². The van der Waals surface area contributed by atoms with Gasteiger partial charge in [0.1, 0.15) is 11.5 Å². The Morgan fingerprint density at radius 1 is 1.11 bits per heavy atom. The summed E-state index contributed by atoms with van der Waals surface area (Å²) >= 11 is 0. The number of para-hydroxylation sites is 2. The summed E-state index contributed by atoms with van der Waals surface area (Å²) in [5.41, 5.74) is -0.0240. The Balaban J connectivity index is 1.54. The summed E-state index contributed by atoms with van der Waals surface area (Å²) in [5, 5.41) is 16.6. The van der Waals surface area contributed by atoms with E-state index in [9.17, 15) is 29.3 Å². The zero-order chi connectivity index (χ0) is 27.2. The first-order valence-corrected chi connectivity index (χ1v) is 11.0. The summed E-state index contributed by atoms with van der Waals surface area (Å²) < 4.78 is 15.4. The molecule has 1 aromatic heterocycles. The molecule has 1 aliphatic heterocycles. The van der Waals surface area contributed by atoms with Gasteiger partial charge in [-0.05, 0) is 30.3 Å². The molecule has 2 aromatic carbocycles. The van der Waals surface area contributed by atoms with Gasteiger partial charge in [-0.15, -0.1) is 0 Å². The Kier molecular flexibility index (Phi) is 7.47. The molecule has 0 unspecified atom stereocenters. The second-order valence-electron chi connectivity index (χ2n) is 7.79. The summed E-state index contributed by atoms with van der Waals surface area (Å²) in [5.74, 6) is -2.23. The van der Waals surface area contributed by atoms with E-state index in [-0.39, 0.29) is 35.1 Å². The van der Waals surface area contributed by atoms with Crippen LogP contribution in [0.1, 0.15) is 21.9 Å². The number of esters is 1. The minimum atomic E-state index is -0.771. The van der Waals surface area contributed by atoms with Gasteiger partial charge >= 0.3 is 17.7 Å². The molecule has 1 fully saturated rings. The van der Waals surface area contributed by atoms with Crippen LogP contribution in [0.5, 0.6) is 5.75 Å². The topological polar surface area (TPSA) is 170 Å². The highest BCUT2D eigenvalue weighted by Crippen LogP contribution is 2.33. The van der Waals surface area contributed by atoms with Gasteiger partial charge in [0, 0.05) is 17.3 Å². The zero-order valence-corrected chi connectivity index (χ0v) is 19.8.